The van der Waals surface area contributed by atoms with E-state index in [1.807, 2.05) is 54.7 Å². The summed E-state index contributed by atoms with van der Waals surface area (Å²) in [6.45, 7) is 1.62. The third-order valence-electron chi connectivity index (χ3n) is 4.73. The minimum absolute atomic E-state index is 0.519. The first-order valence-electron chi connectivity index (χ1n) is 9.51. The first-order valence-corrected chi connectivity index (χ1v) is 9.51. The van der Waals surface area contributed by atoms with Gasteiger partial charge in [-0.25, -0.2) is 0 Å². The van der Waals surface area contributed by atoms with E-state index in [-0.39, 0.29) is 0 Å². The Morgan fingerprint density at radius 3 is 1.89 bits per heavy atom. The summed E-state index contributed by atoms with van der Waals surface area (Å²) in [6.07, 6.45) is 2.78. The summed E-state index contributed by atoms with van der Waals surface area (Å²) in [5.41, 5.74) is 10.2. The highest BCUT2D eigenvalue weighted by Gasteiger charge is 2.14. The van der Waals surface area contributed by atoms with Gasteiger partial charge in [0.1, 0.15) is 24.7 Å². The van der Waals surface area contributed by atoms with Crippen LogP contribution in [0.25, 0.3) is 10.9 Å². The van der Waals surface area contributed by atoms with E-state index in [2.05, 4.69) is 29.2 Å². The summed E-state index contributed by atoms with van der Waals surface area (Å²) < 4.78 is 12.2. The van der Waals surface area contributed by atoms with E-state index in [9.17, 15) is 0 Å². The van der Waals surface area contributed by atoms with Crippen LogP contribution in [0, 0.1) is 0 Å². The molecule has 1 heterocycles. The number of fused-ring (bicyclic) bond motifs is 1. The molecule has 3 aromatic carbocycles. The minimum atomic E-state index is 0.519. The van der Waals surface area contributed by atoms with Crippen molar-refractivity contribution in [1.82, 2.24) is 4.98 Å². The smallest absolute Gasteiger partial charge is 0.144 e. The summed E-state index contributed by atoms with van der Waals surface area (Å²) in [6, 6.07) is 24.3. The summed E-state index contributed by atoms with van der Waals surface area (Å²) in [5.74, 6) is 1.66. The van der Waals surface area contributed by atoms with Gasteiger partial charge < -0.3 is 20.2 Å². The predicted octanol–water partition coefficient (Wildman–Crippen LogP) is 4.83. The Labute approximate surface area is 164 Å². The van der Waals surface area contributed by atoms with Crippen molar-refractivity contribution in [1.29, 1.82) is 0 Å². The van der Waals surface area contributed by atoms with Crippen LogP contribution in [0.5, 0.6) is 11.5 Å². The summed E-state index contributed by atoms with van der Waals surface area (Å²) in [5, 5.41) is 1.05. The molecule has 0 amide bonds. The Morgan fingerprint density at radius 1 is 0.714 bits per heavy atom. The van der Waals surface area contributed by atoms with Gasteiger partial charge in [0.05, 0.1) is 5.52 Å². The van der Waals surface area contributed by atoms with Crippen molar-refractivity contribution in [2.45, 2.75) is 19.6 Å². The van der Waals surface area contributed by atoms with Gasteiger partial charge in [-0.15, -0.1) is 0 Å². The van der Waals surface area contributed by atoms with E-state index in [1.54, 1.807) is 0 Å². The molecule has 0 unspecified atom stereocenters. The van der Waals surface area contributed by atoms with Crippen molar-refractivity contribution in [3.8, 4) is 11.5 Å². The van der Waals surface area contributed by atoms with Gasteiger partial charge in [-0.1, -0.05) is 60.7 Å². The third-order valence-corrected chi connectivity index (χ3v) is 4.73. The van der Waals surface area contributed by atoms with E-state index in [0.717, 1.165) is 45.5 Å². The summed E-state index contributed by atoms with van der Waals surface area (Å²) >= 11 is 0. The molecule has 28 heavy (non-hydrogen) atoms. The van der Waals surface area contributed by atoms with Crippen LogP contribution in [0.4, 0.5) is 0 Å². The number of nitrogens with one attached hydrogen (secondary N) is 1. The van der Waals surface area contributed by atoms with Gasteiger partial charge in [-0.3, -0.25) is 0 Å². The molecule has 0 aliphatic carbocycles. The number of aromatic nitrogens is 1. The molecule has 0 aliphatic heterocycles. The van der Waals surface area contributed by atoms with Crippen LogP contribution in [-0.4, -0.2) is 11.5 Å². The zero-order valence-electron chi connectivity index (χ0n) is 15.7. The molecule has 0 spiro atoms. The van der Waals surface area contributed by atoms with Crippen LogP contribution in [0.2, 0.25) is 0 Å². The van der Waals surface area contributed by atoms with E-state index < -0.39 is 0 Å². The Balaban J connectivity index is 1.61. The second kappa shape index (κ2) is 8.63. The molecule has 0 radical (unpaired) electrons. The zero-order valence-corrected chi connectivity index (χ0v) is 15.7. The summed E-state index contributed by atoms with van der Waals surface area (Å²) in [4.78, 5) is 3.36. The number of benzene rings is 3. The highest BCUT2D eigenvalue weighted by Crippen LogP contribution is 2.36. The normalized spacial score (nSPS) is 10.9. The molecule has 3 N–H and O–H groups in total. The Hall–Kier alpha value is -3.24. The molecular formula is C24H24N2O2. The van der Waals surface area contributed by atoms with Crippen LogP contribution in [0.3, 0.4) is 0 Å². The van der Waals surface area contributed by atoms with Crippen LogP contribution in [0.15, 0.2) is 79.0 Å². The fourth-order valence-corrected chi connectivity index (χ4v) is 3.32. The second-order valence-electron chi connectivity index (χ2n) is 6.71. The quantitative estimate of drug-likeness (QED) is 0.466. The van der Waals surface area contributed by atoms with Crippen molar-refractivity contribution in [3.05, 3.63) is 95.7 Å². The maximum atomic E-state index is 6.15. The van der Waals surface area contributed by atoms with Crippen LogP contribution in [-0.2, 0) is 19.6 Å². The second-order valence-corrected chi connectivity index (χ2v) is 6.71. The first-order chi connectivity index (χ1) is 13.8. The molecule has 0 fully saturated rings. The maximum absolute atomic E-state index is 6.15. The van der Waals surface area contributed by atoms with Crippen molar-refractivity contribution in [3.63, 3.8) is 0 Å². The van der Waals surface area contributed by atoms with Crippen molar-refractivity contribution in [2.75, 3.05) is 6.54 Å². The van der Waals surface area contributed by atoms with E-state index in [0.29, 0.717) is 19.8 Å². The molecule has 0 saturated heterocycles. The van der Waals surface area contributed by atoms with Crippen molar-refractivity contribution < 1.29 is 9.47 Å². The van der Waals surface area contributed by atoms with Crippen LogP contribution >= 0.6 is 0 Å². The van der Waals surface area contributed by atoms with Gasteiger partial charge in [0, 0.05) is 11.6 Å². The Kier molecular flexibility index (Phi) is 5.59. The third kappa shape index (κ3) is 4.02. The van der Waals surface area contributed by atoms with E-state index >= 15 is 0 Å². The topological polar surface area (TPSA) is 60.3 Å². The molecule has 0 aliphatic rings. The molecule has 4 rings (SSSR count). The highest BCUT2D eigenvalue weighted by molar-refractivity contribution is 5.93. The molecule has 4 aromatic rings. The van der Waals surface area contributed by atoms with Gasteiger partial charge in [0.2, 0.25) is 0 Å². The molecule has 0 bridgehead atoms. The SMILES string of the molecule is NCCc1c[nH]c2c(OCc3ccccc3)ccc(OCc3ccccc3)c12. The lowest BCUT2D eigenvalue weighted by atomic mass is 10.1. The van der Waals surface area contributed by atoms with Gasteiger partial charge >= 0.3 is 0 Å². The zero-order chi connectivity index (χ0) is 19.2. The van der Waals surface area contributed by atoms with Crippen molar-refractivity contribution >= 4 is 10.9 Å². The van der Waals surface area contributed by atoms with Crippen LogP contribution in [0.1, 0.15) is 16.7 Å². The number of rotatable bonds is 8. The number of hydrogen-bond acceptors (Lipinski definition) is 3. The molecule has 1 aromatic heterocycles. The number of aromatic amines is 1. The van der Waals surface area contributed by atoms with E-state index in [4.69, 9.17) is 15.2 Å². The van der Waals surface area contributed by atoms with Gasteiger partial charge in [0.25, 0.3) is 0 Å². The molecule has 4 nitrogen and oxygen atoms in total. The monoisotopic (exact) mass is 372 g/mol. The Bertz CT molecular complexity index is 1030. The fraction of sp³-hybridized carbons (Fsp3) is 0.167. The van der Waals surface area contributed by atoms with Crippen molar-refractivity contribution in [2.24, 2.45) is 5.73 Å². The molecule has 142 valence electrons. The maximum Gasteiger partial charge on any atom is 0.144 e. The first kappa shape index (κ1) is 18.1. The fourth-order valence-electron chi connectivity index (χ4n) is 3.32. The lowest BCUT2D eigenvalue weighted by Crippen LogP contribution is -2.03. The van der Waals surface area contributed by atoms with Crippen LogP contribution < -0.4 is 15.2 Å². The molecule has 0 saturated carbocycles. The molecular weight excluding hydrogens is 348 g/mol. The van der Waals surface area contributed by atoms with Gasteiger partial charge in [0.15, 0.2) is 0 Å². The van der Waals surface area contributed by atoms with Gasteiger partial charge in [-0.2, -0.15) is 0 Å². The van der Waals surface area contributed by atoms with E-state index in [1.165, 1.54) is 0 Å². The number of H-pyrrole nitrogens is 1. The molecule has 0 atom stereocenters. The largest absolute Gasteiger partial charge is 0.488 e. The molecule has 4 heteroatoms. The highest BCUT2D eigenvalue weighted by atomic mass is 16.5. The lowest BCUT2D eigenvalue weighted by Gasteiger charge is -2.13. The average molecular weight is 372 g/mol. The van der Waals surface area contributed by atoms with Gasteiger partial charge in [-0.05, 0) is 41.8 Å². The predicted molar refractivity (Wildman–Crippen MR) is 113 cm³/mol. The number of nitrogens with two attached hydrogens (primary N) is 1. The number of hydrogen-bond donors (Lipinski definition) is 2. The Morgan fingerprint density at radius 2 is 1.29 bits per heavy atom. The summed E-state index contributed by atoms with van der Waals surface area (Å²) in [7, 11) is 0. The minimum Gasteiger partial charge on any atom is -0.488 e. The average Bonchev–Trinajstić information content (AvgIpc) is 3.17. The lowest BCUT2D eigenvalue weighted by molar-refractivity contribution is 0.302. The standard InChI is InChI=1S/C24H24N2O2/c25-14-13-20-15-26-24-22(28-17-19-9-5-2-6-10-19)12-11-21(23(20)24)27-16-18-7-3-1-4-8-18/h1-12,15,26H,13-14,16-17,25H2. The number of ether oxygens (including phenoxy) is 2.